The Bertz CT molecular complexity index is 2810. The number of hydrogen-bond acceptors (Lipinski definition) is 1. The number of para-hydroxylation sites is 1. The second-order valence-electron chi connectivity index (χ2n) is 16.2. The predicted molar refractivity (Wildman–Crippen MR) is 226 cm³/mol. The van der Waals surface area contributed by atoms with Crippen LogP contribution in [0, 0.1) is 0 Å². The number of nitrogens with zero attached hydrogens (tertiary/aromatic N) is 1. The molecule has 252 valence electrons. The second-order valence-corrected chi connectivity index (χ2v) is 16.2. The highest BCUT2D eigenvalue weighted by molar-refractivity contribution is 6.04. The molecule has 0 spiro atoms. The Kier molecular flexibility index (Phi) is 6.14. The Balaban J connectivity index is 1.05. The van der Waals surface area contributed by atoms with Crippen molar-refractivity contribution in [3.63, 3.8) is 0 Å². The van der Waals surface area contributed by atoms with Crippen molar-refractivity contribution in [3.8, 4) is 22.3 Å². The molecule has 1 heteroatoms. The number of rotatable bonds is 3. The first-order valence-electron chi connectivity index (χ1n) is 18.8. The van der Waals surface area contributed by atoms with Gasteiger partial charge in [-0.2, -0.15) is 0 Å². The lowest BCUT2D eigenvalue weighted by molar-refractivity contribution is 0.667. The minimum atomic E-state index is -0.104. The summed E-state index contributed by atoms with van der Waals surface area (Å²) < 4.78 is 0. The molecular weight excluding hydrogens is 639 g/mol. The van der Waals surface area contributed by atoms with E-state index in [-0.39, 0.29) is 10.8 Å². The third-order valence-electron chi connectivity index (χ3n) is 12.5. The molecule has 0 N–H and O–H groups in total. The molecule has 0 saturated carbocycles. The minimum Gasteiger partial charge on any atom is -0.310 e. The first kappa shape index (κ1) is 30.4. The standard InChI is InChI=1S/C52H39N/c1-51(2)47-30-34-14-10-8-12-32(34)28-45(47)43-22-18-36-26-39(20-24-41(36)49(43)51)53(38-16-6-5-7-17-38)40-21-25-42-37(27-40)19-23-44-46-29-33-13-9-11-15-35(33)31-48(46)52(3,4)50(42)44/h5-31H,1-4H3. The molecule has 9 aromatic carbocycles. The summed E-state index contributed by atoms with van der Waals surface area (Å²) in [4.78, 5) is 2.42. The van der Waals surface area contributed by atoms with E-state index >= 15 is 0 Å². The van der Waals surface area contributed by atoms with Crippen LogP contribution < -0.4 is 4.90 Å². The minimum absolute atomic E-state index is 0.104. The maximum Gasteiger partial charge on any atom is 0.0468 e. The molecule has 0 unspecified atom stereocenters. The van der Waals surface area contributed by atoms with Gasteiger partial charge in [-0.15, -0.1) is 0 Å². The molecule has 11 rings (SSSR count). The molecule has 9 aromatic rings. The van der Waals surface area contributed by atoms with Crippen LogP contribution in [0.1, 0.15) is 49.9 Å². The zero-order chi connectivity index (χ0) is 35.6. The molecule has 0 bridgehead atoms. The third kappa shape index (κ3) is 4.25. The Labute approximate surface area is 310 Å². The van der Waals surface area contributed by atoms with Gasteiger partial charge in [-0.1, -0.05) is 131 Å². The van der Waals surface area contributed by atoms with Gasteiger partial charge in [0.1, 0.15) is 0 Å². The lowest BCUT2D eigenvalue weighted by Crippen LogP contribution is -2.16. The van der Waals surface area contributed by atoms with Gasteiger partial charge in [0, 0.05) is 27.9 Å². The van der Waals surface area contributed by atoms with E-state index < -0.39 is 0 Å². The number of hydrogen-bond donors (Lipinski definition) is 0. The van der Waals surface area contributed by atoms with Gasteiger partial charge < -0.3 is 4.90 Å². The van der Waals surface area contributed by atoms with Crippen molar-refractivity contribution < 1.29 is 0 Å². The van der Waals surface area contributed by atoms with Crippen molar-refractivity contribution in [2.24, 2.45) is 0 Å². The van der Waals surface area contributed by atoms with Gasteiger partial charge >= 0.3 is 0 Å². The van der Waals surface area contributed by atoms with Crippen LogP contribution in [0.2, 0.25) is 0 Å². The largest absolute Gasteiger partial charge is 0.310 e. The molecule has 1 nitrogen and oxygen atoms in total. The highest BCUT2D eigenvalue weighted by Gasteiger charge is 2.38. The fraction of sp³-hybridized carbons (Fsp3) is 0.115. The van der Waals surface area contributed by atoms with Crippen LogP contribution in [0.5, 0.6) is 0 Å². The van der Waals surface area contributed by atoms with Crippen molar-refractivity contribution in [3.05, 3.63) is 186 Å². The third-order valence-corrected chi connectivity index (χ3v) is 12.5. The molecular formula is C52H39N. The van der Waals surface area contributed by atoms with Gasteiger partial charge in [0.25, 0.3) is 0 Å². The summed E-state index contributed by atoms with van der Waals surface area (Å²) in [7, 11) is 0. The molecule has 0 radical (unpaired) electrons. The number of fused-ring (bicyclic) bond motifs is 12. The van der Waals surface area contributed by atoms with Gasteiger partial charge in [-0.05, 0) is 148 Å². The summed E-state index contributed by atoms with van der Waals surface area (Å²) in [6, 6.07) is 61.4. The van der Waals surface area contributed by atoms with E-state index in [2.05, 4.69) is 196 Å². The highest BCUT2D eigenvalue weighted by Crippen LogP contribution is 2.54. The van der Waals surface area contributed by atoms with Gasteiger partial charge in [0.05, 0.1) is 0 Å². The summed E-state index contributed by atoms with van der Waals surface area (Å²) >= 11 is 0. The maximum absolute atomic E-state index is 2.42. The highest BCUT2D eigenvalue weighted by atomic mass is 15.1. The van der Waals surface area contributed by atoms with E-state index in [1.54, 1.807) is 0 Å². The van der Waals surface area contributed by atoms with Crippen molar-refractivity contribution in [2.75, 3.05) is 4.90 Å². The molecule has 0 aliphatic heterocycles. The molecule has 0 saturated heterocycles. The summed E-state index contributed by atoms with van der Waals surface area (Å²) in [6.45, 7) is 9.57. The van der Waals surface area contributed by atoms with Crippen LogP contribution in [-0.2, 0) is 10.8 Å². The molecule has 53 heavy (non-hydrogen) atoms. The van der Waals surface area contributed by atoms with Crippen LogP contribution >= 0.6 is 0 Å². The lowest BCUT2D eigenvalue weighted by Gasteiger charge is -2.28. The van der Waals surface area contributed by atoms with Crippen molar-refractivity contribution in [1.29, 1.82) is 0 Å². The monoisotopic (exact) mass is 677 g/mol. The molecule has 0 aromatic heterocycles. The topological polar surface area (TPSA) is 3.24 Å². The molecule has 2 aliphatic carbocycles. The van der Waals surface area contributed by atoms with E-state index in [0.29, 0.717) is 0 Å². The van der Waals surface area contributed by atoms with E-state index in [4.69, 9.17) is 0 Å². The summed E-state index contributed by atoms with van der Waals surface area (Å²) in [5, 5.41) is 10.4. The first-order valence-corrected chi connectivity index (χ1v) is 18.8. The fourth-order valence-electron chi connectivity index (χ4n) is 9.96. The van der Waals surface area contributed by atoms with Crippen LogP contribution in [0.3, 0.4) is 0 Å². The van der Waals surface area contributed by atoms with Gasteiger partial charge in [0.2, 0.25) is 0 Å². The van der Waals surface area contributed by atoms with E-state index in [9.17, 15) is 0 Å². The smallest absolute Gasteiger partial charge is 0.0468 e. The van der Waals surface area contributed by atoms with Crippen LogP contribution in [0.15, 0.2) is 164 Å². The van der Waals surface area contributed by atoms with Gasteiger partial charge in [-0.3, -0.25) is 0 Å². The van der Waals surface area contributed by atoms with Gasteiger partial charge in [0.15, 0.2) is 0 Å². The Morgan fingerprint density at radius 2 is 0.736 bits per heavy atom. The van der Waals surface area contributed by atoms with E-state index in [1.165, 1.54) is 87.6 Å². The fourth-order valence-corrected chi connectivity index (χ4v) is 9.96. The molecule has 2 aliphatic rings. The van der Waals surface area contributed by atoms with Crippen molar-refractivity contribution in [1.82, 2.24) is 0 Å². The Morgan fingerprint density at radius 3 is 1.19 bits per heavy atom. The van der Waals surface area contributed by atoms with E-state index in [1.807, 2.05) is 0 Å². The zero-order valence-electron chi connectivity index (χ0n) is 30.5. The average molecular weight is 678 g/mol. The normalized spacial score (nSPS) is 14.7. The molecule has 0 atom stereocenters. The number of benzene rings is 9. The zero-order valence-corrected chi connectivity index (χ0v) is 30.5. The SMILES string of the molecule is CC1(C)c2cc3ccccc3cc2-c2ccc3cc(N(c4ccccc4)c4ccc5c6c(ccc5c4)-c4cc5ccccc5cc4C6(C)C)ccc3c21. The van der Waals surface area contributed by atoms with Crippen molar-refractivity contribution in [2.45, 2.75) is 38.5 Å². The second kappa shape index (κ2) is 10.7. The quantitative estimate of drug-likeness (QED) is 0.180. The molecule has 0 amide bonds. The van der Waals surface area contributed by atoms with Gasteiger partial charge in [-0.25, -0.2) is 0 Å². The lowest BCUT2D eigenvalue weighted by atomic mass is 9.79. The average Bonchev–Trinajstić information content (AvgIpc) is 3.55. The Morgan fingerprint density at radius 1 is 0.321 bits per heavy atom. The number of anilines is 3. The molecule has 0 heterocycles. The van der Waals surface area contributed by atoms with Crippen LogP contribution in [0.25, 0.3) is 65.3 Å². The van der Waals surface area contributed by atoms with Crippen LogP contribution in [0.4, 0.5) is 17.1 Å². The van der Waals surface area contributed by atoms with Crippen molar-refractivity contribution >= 4 is 60.2 Å². The molecule has 0 fully saturated rings. The summed E-state index contributed by atoms with van der Waals surface area (Å²) in [5.41, 5.74) is 14.4. The maximum atomic E-state index is 2.42. The summed E-state index contributed by atoms with van der Waals surface area (Å²) in [6.07, 6.45) is 0. The first-order chi connectivity index (χ1) is 25.8. The Hall–Kier alpha value is -6.18. The van der Waals surface area contributed by atoms with E-state index in [0.717, 1.165) is 17.1 Å². The predicted octanol–water partition coefficient (Wildman–Crippen LogP) is 14.4. The summed E-state index contributed by atoms with van der Waals surface area (Å²) in [5.74, 6) is 0. The van der Waals surface area contributed by atoms with Crippen LogP contribution in [-0.4, -0.2) is 0 Å².